The summed E-state index contributed by atoms with van der Waals surface area (Å²) in [7, 11) is 0. The molecule has 0 radical (unpaired) electrons. The van der Waals surface area contributed by atoms with Gasteiger partial charge in [0.1, 0.15) is 0 Å². The molecule has 1 heterocycles. The van der Waals surface area contributed by atoms with Crippen LogP contribution in [0.5, 0.6) is 0 Å². The van der Waals surface area contributed by atoms with Crippen LogP contribution < -0.4 is 5.32 Å². The minimum absolute atomic E-state index is 0.757. The van der Waals surface area contributed by atoms with Gasteiger partial charge in [-0.2, -0.15) is 0 Å². The van der Waals surface area contributed by atoms with Gasteiger partial charge in [-0.3, -0.25) is 0 Å². The van der Waals surface area contributed by atoms with E-state index < -0.39 is 0 Å². The minimum Gasteiger partial charge on any atom is -0.314 e. The standard InChI is InChI=1S/C17H29NS/c1-3-18-17(15-8-4-7-14(2)13-15)11-5-9-16-10-6-12-19-16/h6,10,12,14-15,17-18H,3-5,7-9,11,13H2,1-2H3. The van der Waals surface area contributed by atoms with E-state index in [2.05, 4.69) is 36.7 Å². The van der Waals surface area contributed by atoms with E-state index in [1.165, 1.54) is 44.9 Å². The SMILES string of the molecule is CCNC(CCCc1cccs1)C1CCCC(C)C1. The van der Waals surface area contributed by atoms with E-state index in [0.29, 0.717) is 0 Å². The molecule has 0 aromatic carbocycles. The Balaban J connectivity index is 1.78. The summed E-state index contributed by atoms with van der Waals surface area (Å²) in [4.78, 5) is 1.55. The molecule has 1 aromatic heterocycles. The van der Waals surface area contributed by atoms with Gasteiger partial charge in [0.15, 0.2) is 0 Å². The lowest BCUT2D eigenvalue weighted by atomic mass is 9.77. The molecule has 0 bridgehead atoms. The van der Waals surface area contributed by atoms with Crippen LogP contribution in [0.2, 0.25) is 0 Å². The molecule has 1 aliphatic rings. The highest BCUT2D eigenvalue weighted by molar-refractivity contribution is 7.09. The maximum Gasteiger partial charge on any atom is 0.00954 e. The fourth-order valence-corrected chi connectivity index (χ4v) is 4.32. The normalized spacial score (nSPS) is 25.4. The van der Waals surface area contributed by atoms with Crippen LogP contribution in [0.15, 0.2) is 17.5 Å². The van der Waals surface area contributed by atoms with Gasteiger partial charge in [0.25, 0.3) is 0 Å². The Labute approximate surface area is 122 Å². The number of nitrogens with one attached hydrogen (secondary N) is 1. The Kier molecular flexibility index (Phi) is 6.39. The number of thiophene rings is 1. The molecule has 1 N–H and O–H groups in total. The van der Waals surface area contributed by atoms with Crippen molar-refractivity contribution in [2.45, 2.75) is 64.8 Å². The molecule has 1 saturated carbocycles. The fourth-order valence-electron chi connectivity index (χ4n) is 3.56. The van der Waals surface area contributed by atoms with Gasteiger partial charge in [-0.05, 0) is 61.9 Å². The van der Waals surface area contributed by atoms with Crippen molar-refractivity contribution >= 4 is 11.3 Å². The number of rotatable bonds is 7. The first kappa shape index (κ1) is 15.1. The van der Waals surface area contributed by atoms with Crippen LogP contribution in [0.4, 0.5) is 0 Å². The lowest BCUT2D eigenvalue weighted by molar-refractivity contribution is 0.214. The van der Waals surface area contributed by atoms with Gasteiger partial charge in [-0.1, -0.05) is 32.8 Å². The van der Waals surface area contributed by atoms with Crippen LogP contribution in [0.25, 0.3) is 0 Å². The summed E-state index contributed by atoms with van der Waals surface area (Å²) >= 11 is 1.90. The molecule has 19 heavy (non-hydrogen) atoms. The van der Waals surface area contributed by atoms with E-state index in [4.69, 9.17) is 0 Å². The average molecular weight is 279 g/mol. The van der Waals surface area contributed by atoms with Crippen molar-refractivity contribution in [3.63, 3.8) is 0 Å². The molecule has 108 valence electrons. The molecule has 2 heteroatoms. The maximum absolute atomic E-state index is 3.76. The molecule has 2 rings (SSSR count). The van der Waals surface area contributed by atoms with Crippen molar-refractivity contribution in [3.05, 3.63) is 22.4 Å². The average Bonchev–Trinajstić information content (AvgIpc) is 2.91. The third-order valence-corrected chi connectivity index (χ3v) is 5.47. The first-order chi connectivity index (χ1) is 9.29. The zero-order valence-electron chi connectivity index (χ0n) is 12.5. The molecule has 0 saturated heterocycles. The van der Waals surface area contributed by atoms with Crippen molar-refractivity contribution in [2.24, 2.45) is 11.8 Å². The first-order valence-electron chi connectivity index (χ1n) is 8.05. The Morgan fingerprint density at radius 2 is 2.32 bits per heavy atom. The highest BCUT2D eigenvalue weighted by Gasteiger charge is 2.25. The van der Waals surface area contributed by atoms with Gasteiger partial charge in [0, 0.05) is 10.9 Å². The summed E-state index contributed by atoms with van der Waals surface area (Å²) in [6, 6.07) is 5.20. The Hall–Kier alpha value is -0.340. The first-order valence-corrected chi connectivity index (χ1v) is 8.93. The van der Waals surface area contributed by atoms with Crippen molar-refractivity contribution in [1.29, 1.82) is 0 Å². The predicted molar refractivity (Wildman–Crippen MR) is 85.8 cm³/mol. The monoisotopic (exact) mass is 279 g/mol. The van der Waals surface area contributed by atoms with Gasteiger partial charge in [-0.15, -0.1) is 11.3 Å². The van der Waals surface area contributed by atoms with E-state index in [1.54, 1.807) is 4.88 Å². The van der Waals surface area contributed by atoms with Gasteiger partial charge < -0.3 is 5.32 Å². The largest absolute Gasteiger partial charge is 0.314 e. The molecular formula is C17H29NS. The Morgan fingerprint density at radius 1 is 1.42 bits per heavy atom. The smallest absolute Gasteiger partial charge is 0.00954 e. The predicted octanol–water partition coefficient (Wildman–Crippen LogP) is 4.88. The summed E-state index contributed by atoms with van der Waals surface area (Å²) in [6.07, 6.45) is 9.73. The van der Waals surface area contributed by atoms with Crippen LogP contribution in [-0.4, -0.2) is 12.6 Å². The molecule has 1 fully saturated rings. The van der Waals surface area contributed by atoms with E-state index in [9.17, 15) is 0 Å². The second-order valence-corrected chi connectivity index (χ2v) is 7.20. The van der Waals surface area contributed by atoms with Gasteiger partial charge in [0.05, 0.1) is 0 Å². The highest BCUT2D eigenvalue weighted by Crippen LogP contribution is 2.32. The molecule has 3 unspecified atom stereocenters. The van der Waals surface area contributed by atoms with Crippen LogP contribution in [0, 0.1) is 11.8 Å². The van der Waals surface area contributed by atoms with Crippen LogP contribution in [0.1, 0.15) is 57.2 Å². The summed E-state index contributed by atoms with van der Waals surface area (Å²) in [5, 5.41) is 5.95. The van der Waals surface area contributed by atoms with Crippen LogP contribution >= 0.6 is 11.3 Å². The molecule has 0 spiro atoms. The van der Waals surface area contributed by atoms with Crippen molar-refractivity contribution in [2.75, 3.05) is 6.54 Å². The van der Waals surface area contributed by atoms with Gasteiger partial charge in [-0.25, -0.2) is 0 Å². The third kappa shape index (κ3) is 4.92. The van der Waals surface area contributed by atoms with Gasteiger partial charge >= 0.3 is 0 Å². The summed E-state index contributed by atoms with van der Waals surface area (Å²) in [6.45, 7) is 5.80. The van der Waals surface area contributed by atoms with Crippen LogP contribution in [-0.2, 0) is 6.42 Å². The fraction of sp³-hybridized carbons (Fsp3) is 0.765. The minimum atomic E-state index is 0.757. The van der Waals surface area contributed by atoms with E-state index in [0.717, 1.165) is 24.4 Å². The number of aryl methyl sites for hydroxylation is 1. The molecule has 0 aliphatic heterocycles. The molecular weight excluding hydrogens is 250 g/mol. The molecule has 3 atom stereocenters. The van der Waals surface area contributed by atoms with Gasteiger partial charge in [0.2, 0.25) is 0 Å². The highest BCUT2D eigenvalue weighted by atomic mass is 32.1. The van der Waals surface area contributed by atoms with E-state index >= 15 is 0 Å². The van der Waals surface area contributed by atoms with Crippen molar-refractivity contribution in [3.8, 4) is 0 Å². The Bertz CT molecular complexity index is 333. The van der Waals surface area contributed by atoms with E-state index in [1.807, 2.05) is 11.3 Å². The quantitative estimate of drug-likeness (QED) is 0.750. The van der Waals surface area contributed by atoms with Crippen molar-refractivity contribution < 1.29 is 0 Å². The zero-order chi connectivity index (χ0) is 13.5. The molecule has 1 aromatic rings. The number of hydrogen-bond acceptors (Lipinski definition) is 2. The molecule has 1 aliphatic carbocycles. The zero-order valence-corrected chi connectivity index (χ0v) is 13.3. The summed E-state index contributed by atoms with van der Waals surface area (Å²) in [5.74, 6) is 1.87. The second-order valence-electron chi connectivity index (χ2n) is 6.17. The Morgan fingerprint density at radius 3 is 3.00 bits per heavy atom. The molecule has 0 amide bonds. The lowest BCUT2D eigenvalue weighted by Crippen LogP contribution is -2.38. The second kappa shape index (κ2) is 8.06. The third-order valence-electron chi connectivity index (χ3n) is 4.53. The maximum atomic E-state index is 3.76. The summed E-state index contributed by atoms with van der Waals surface area (Å²) in [5.41, 5.74) is 0. The van der Waals surface area contributed by atoms with E-state index in [-0.39, 0.29) is 0 Å². The van der Waals surface area contributed by atoms with Crippen molar-refractivity contribution in [1.82, 2.24) is 5.32 Å². The molecule has 1 nitrogen and oxygen atoms in total. The summed E-state index contributed by atoms with van der Waals surface area (Å²) < 4.78 is 0. The topological polar surface area (TPSA) is 12.0 Å². The van der Waals surface area contributed by atoms with Crippen LogP contribution in [0.3, 0.4) is 0 Å². The number of hydrogen-bond donors (Lipinski definition) is 1. The lowest BCUT2D eigenvalue weighted by Gasteiger charge is -2.34.